The highest BCUT2D eigenvalue weighted by Gasteiger charge is 2.30. The number of ether oxygens (including phenoxy) is 1. The van der Waals surface area contributed by atoms with Crippen LogP contribution >= 0.6 is 23.4 Å². The maximum absolute atomic E-state index is 13.3. The Morgan fingerprint density at radius 3 is 2.22 bits per heavy atom. The largest absolute Gasteiger partial charge is 0.381 e. The lowest BCUT2D eigenvalue weighted by atomic mass is 9.73. The first kappa shape index (κ1) is 42.3. The molecule has 308 valence electrons. The van der Waals surface area contributed by atoms with Crippen molar-refractivity contribution >= 4 is 56.2 Å². The number of nitrogens with one attached hydrogen (secondary N) is 2. The third-order valence-electron chi connectivity index (χ3n) is 11.5. The Bertz CT molecular complexity index is 2100. The number of benzene rings is 4. The van der Waals surface area contributed by atoms with Crippen LogP contribution < -0.4 is 14.9 Å². The van der Waals surface area contributed by atoms with E-state index in [1.165, 1.54) is 28.0 Å². The number of rotatable bonds is 15. The number of morpholine rings is 1. The summed E-state index contributed by atoms with van der Waals surface area (Å²) in [6, 6.07) is 32.7. The van der Waals surface area contributed by atoms with Crippen LogP contribution in [0.5, 0.6) is 0 Å². The molecule has 58 heavy (non-hydrogen) atoms. The maximum atomic E-state index is 13.3. The fraction of sp³-hybridized carbons (Fsp3) is 0.413. The predicted molar refractivity (Wildman–Crippen MR) is 239 cm³/mol. The smallest absolute Gasteiger partial charge is 0.264 e. The third-order valence-corrected chi connectivity index (χ3v) is 14.3. The van der Waals surface area contributed by atoms with Crippen molar-refractivity contribution in [1.29, 1.82) is 0 Å². The van der Waals surface area contributed by atoms with Gasteiger partial charge in [-0.2, -0.15) is 0 Å². The van der Waals surface area contributed by atoms with Gasteiger partial charge in [-0.1, -0.05) is 61.4 Å². The molecule has 0 unspecified atom stereocenters. The van der Waals surface area contributed by atoms with Crippen molar-refractivity contribution in [3.63, 3.8) is 0 Å². The molecule has 1 aliphatic carbocycles. The molecule has 7 rings (SSSR count). The molecule has 1 atom stereocenters. The van der Waals surface area contributed by atoms with Crippen LogP contribution in [0.15, 0.2) is 118 Å². The first-order valence-electron chi connectivity index (χ1n) is 20.5. The number of carbonyl (C=O) groups is 1. The molecular formula is C46H56ClN5O4S2. The average molecular weight is 843 g/mol. The van der Waals surface area contributed by atoms with Crippen LogP contribution in [-0.2, 0) is 14.8 Å². The fourth-order valence-corrected chi connectivity index (χ4v) is 10.2. The first-order chi connectivity index (χ1) is 28.0. The second kappa shape index (κ2) is 19.5. The van der Waals surface area contributed by atoms with Crippen molar-refractivity contribution in [2.75, 3.05) is 81.5 Å². The number of carbonyl (C=O) groups excluding carboxylic acids is 1. The highest BCUT2D eigenvalue weighted by molar-refractivity contribution is 7.99. The van der Waals surface area contributed by atoms with E-state index in [2.05, 4.69) is 62.9 Å². The molecule has 2 aliphatic heterocycles. The van der Waals surface area contributed by atoms with E-state index in [1.54, 1.807) is 48.2 Å². The van der Waals surface area contributed by atoms with E-state index in [4.69, 9.17) is 16.3 Å². The topological polar surface area (TPSA) is 94.2 Å². The van der Waals surface area contributed by atoms with Crippen molar-refractivity contribution < 1.29 is 17.9 Å². The summed E-state index contributed by atoms with van der Waals surface area (Å²) in [5.41, 5.74) is 6.72. The second-order valence-corrected chi connectivity index (χ2v) is 19.6. The van der Waals surface area contributed by atoms with Crippen molar-refractivity contribution in [2.24, 2.45) is 5.41 Å². The van der Waals surface area contributed by atoms with E-state index >= 15 is 0 Å². The quantitative estimate of drug-likeness (QED) is 0.114. The predicted octanol–water partition coefficient (Wildman–Crippen LogP) is 8.54. The summed E-state index contributed by atoms with van der Waals surface area (Å²) in [5, 5.41) is 4.39. The Hall–Kier alpha value is -3.84. The number of piperazine rings is 1. The van der Waals surface area contributed by atoms with Crippen LogP contribution in [0.3, 0.4) is 0 Å². The van der Waals surface area contributed by atoms with Crippen LogP contribution in [0.1, 0.15) is 55.5 Å². The molecule has 9 nitrogen and oxygen atoms in total. The molecule has 0 radical (unpaired) electrons. The van der Waals surface area contributed by atoms with Crippen LogP contribution in [0.4, 0.5) is 11.4 Å². The van der Waals surface area contributed by atoms with Gasteiger partial charge in [-0.05, 0) is 115 Å². The van der Waals surface area contributed by atoms with Gasteiger partial charge in [0.05, 0.1) is 18.1 Å². The molecule has 0 aromatic heterocycles. The minimum Gasteiger partial charge on any atom is -0.381 e. The van der Waals surface area contributed by atoms with Crippen LogP contribution in [0.25, 0.3) is 5.57 Å². The molecule has 2 N–H and O–H groups in total. The van der Waals surface area contributed by atoms with Crippen LogP contribution in [0.2, 0.25) is 5.02 Å². The molecule has 0 saturated carbocycles. The zero-order chi connectivity index (χ0) is 40.5. The van der Waals surface area contributed by atoms with Gasteiger partial charge in [0.25, 0.3) is 15.9 Å². The Kier molecular flexibility index (Phi) is 14.2. The Morgan fingerprint density at radius 1 is 0.845 bits per heavy atom. The van der Waals surface area contributed by atoms with E-state index in [9.17, 15) is 13.2 Å². The molecule has 4 aromatic rings. The van der Waals surface area contributed by atoms with E-state index in [0.717, 1.165) is 107 Å². The summed E-state index contributed by atoms with van der Waals surface area (Å²) in [4.78, 5) is 21.8. The first-order valence-corrected chi connectivity index (χ1v) is 23.3. The highest BCUT2D eigenvalue weighted by Crippen LogP contribution is 2.43. The standard InChI is InChI=1S/C46H56ClN5O4S2/c1-46(2)22-20-44(35-8-12-38(47)13-9-35)37(32-46)33-51-24-26-52(27-25-51)41-16-10-36(11-17-41)45(53)49-58(54,55)43-18-14-39(15-19-43)48-40(21-23-50-28-30-56-31-29-50)34-57-42-6-4-3-5-7-42/h3-19,40,48H,20-34H2,1-2H3,(H,49,53)/t40-/m1/s1. The van der Waals surface area contributed by atoms with Crippen LogP contribution in [-0.4, -0.2) is 101 Å². The molecule has 3 aliphatic rings. The molecule has 0 bridgehead atoms. The second-order valence-electron chi connectivity index (χ2n) is 16.4. The number of hydrogen-bond donors (Lipinski definition) is 2. The summed E-state index contributed by atoms with van der Waals surface area (Å²) >= 11 is 8.01. The summed E-state index contributed by atoms with van der Waals surface area (Å²) in [6.07, 6.45) is 4.30. The van der Waals surface area contributed by atoms with Crippen molar-refractivity contribution in [3.8, 4) is 0 Å². The number of halogens is 1. The molecular weight excluding hydrogens is 786 g/mol. The summed E-state index contributed by atoms with van der Waals surface area (Å²) in [6.45, 7) is 13.7. The summed E-state index contributed by atoms with van der Waals surface area (Å²) in [5.74, 6) is 0.211. The van der Waals surface area contributed by atoms with E-state index in [-0.39, 0.29) is 16.4 Å². The van der Waals surface area contributed by atoms with Gasteiger partial charge in [0.1, 0.15) is 0 Å². The molecule has 12 heteroatoms. The van der Waals surface area contributed by atoms with Crippen molar-refractivity contribution in [1.82, 2.24) is 14.5 Å². The Morgan fingerprint density at radius 2 is 1.53 bits per heavy atom. The van der Waals surface area contributed by atoms with E-state index in [0.29, 0.717) is 5.56 Å². The maximum Gasteiger partial charge on any atom is 0.264 e. The number of anilines is 2. The SMILES string of the molecule is CC1(C)CCC(c2ccc(Cl)cc2)=C(CN2CCN(c3ccc(C(=O)NS(=O)(=O)c4ccc(N[C@H](CCN5CCOCC5)CSc5ccccc5)cc4)cc3)CC2)C1. The van der Waals surface area contributed by atoms with Crippen molar-refractivity contribution in [3.05, 3.63) is 125 Å². The van der Waals surface area contributed by atoms with E-state index < -0.39 is 15.9 Å². The molecule has 2 saturated heterocycles. The summed E-state index contributed by atoms with van der Waals surface area (Å²) < 4.78 is 34.5. The summed E-state index contributed by atoms with van der Waals surface area (Å²) in [7, 11) is -4.08. The van der Waals surface area contributed by atoms with Crippen molar-refractivity contribution in [2.45, 2.75) is 55.4 Å². The molecule has 1 amide bonds. The molecule has 4 aromatic carbocycles. The number of hydrogen-bond acceptors (Lipinski definition) is 9. The molecule has 2 fully saturated rings. The lowest BCUT2D eigenvalue weighted by Crippen LogP contribution is -2.47. The van der Waals surface area contributed by atoms with Gasteiger partial charge in [0.15, 0.2) is 0 Å². The van der Waals surface area contributed by atoms with Gasteiger partial charge in [0, 0.05) is 91.0 Å². The molecule has 2 heterocycles. The van der Waals surface area contributed by atoms with Gasteiger partial charge in [0.2, 0.25) is 0 Å². The highest BCUT2D eigenvalue weighted by atomic mass is 35.5. The zero-order valence-electron chi connectivity index (χ0n) is 33.7. The lowest BCUT2D eigenvalue weighted by Gasteiger charge is -2.39. The number of allylic oxidation sites excluding steroid dienone is 1. The average Bonchev–Trinajstić information content (AvgIpc) is 3.23. The number of thioether (sulfide) groups is 1. The van der Waals surface area contributed by atoms with Crippen LogP contribution in [0, 0.1) is 5.41 Å². The minimum absolute atomic E-state index is 0.0391. The molecule has 0 spiro atoms. The van der Waals surface area contributed by atoms with Gasteiger partial charge < -0.3 is 15.0 Å². The van der Waals surface area contributed by atoms with E-state index in [1.807, 2.05) is 42.5 Å². The number of nitrogens with zero attached hydrogens (tertiary/aromatic N) is 3. The minimum atomic E-state index is -4.08. The van der Waals surface area contributed by atoms with Gasteiger partial charge in [-0.3, -0.25) is 14.6 Å². The zero-order valence-corrected chi connectivity index (χ0v) is 36.1. The lowest BCUT2D eigenvalue weighted by molar-refractivity contribution is 0.0370. The normalized spacial score (nSPS) is 18.5. The monoisotopic (exact) mass is 841 g/mol. The Labute approximate surface area is 354 Å². The van der Waals surface area contributed by atoms with Gasteiger partial charge >= 0.3 is 0 Å². The Balaban J connectivity index is 0.915. The fourth-order valence-electron chi connectivity index (χ4n) is 8.10. The third kappa shape index (κ3) is 11.7. The number of sulfonamides is 1. The van der Waals surface area contributed by atoms with Gasteiger partial charge in [-0.15, -0.1) is 11.8 Å². The number of amides is 1. The van der Waals surface area contributed by atoms with Gasteiger partial charge in [-0.25, -0.2) is 13.1 Å².